The van der Waals surface area contributed by atoms with Crippen LogP contribution < -0.4 is 5.32 Å². The Morgan fingerprint density at radius 3 is 2.47 bits per heavy atom. The lowest BCUT2D eigenvalue weighted by Crippen LogP contribution is -1.89. The summed E-state index contributed by atoms with van der Waals surface area (Å²) in [6.45, 7) is 2.10. The lowest BCUT2D eigenvalue weighted by atomic mass is 10.2. The van der Waals surface area contributed by atoms with Gasteiger partial charge in [0.2, 0.25) is 0 Å². The minimum Gasteiger partial charge on any atom is -0.356 e. The summed E-state index contributed by atoms with van der Waals surface area (Å²) < 4.78 is 1.33. The summed E-state index contributed by atoms with van der Waals surface area (Å²) in [5.41, 5.74) is 3.55. The monoisotopic (exact) mass is 239 g/mol. The molecule has 0 fully saturated rings. The van der Waals surface area contributed by atoms with Crippen molar-refractivity contribution in [2.45, 2.75) is 6.92 Å². The first-order valence-corrected chi connectivity index (χ1v) is 6.50. The van der Waals surface area contributed by atoms with Crippen molar-refractivity contribution in [3.8, 4) is 0 Å². The van der Waals surface area contributed by atoms with E-state index < -0.39 is 0 Å². The molecule has 0 radical (unpaired) electrons. The van der Waals surface area contributed by atoms with E-state index in [4.69, 9.17) is 0 Å². The molecule has 1 aromatic heterocycles. The molecule has 0 aliphatic carbocycles. The Morgan fingerprint density at radius 2 is 1.65 bits per heavy atom. The van der Waals surface area contributed by atoms with E-state index in [0.29, 0.717) is 0 Å². The largest absolute Gasteiger partial charge is 0.356 e. The van der Waals surface area contributed by atoms with Gasteiger partial charge in [-0.1, -0.05) is 17.7 Å². The molecule has 0 amide bonds. The Kier molecular flexibility index (Phi) is 2.57. The first kappa shape index (κ1) is 10.4. The van der Waals surface area contributed by atoms with E-state index in [-0.39, 0.29) is 0 Å². The highest BCUT2D eigenvalue weighted by molar-refractivity contribution is 7.17. The third-order valence-corrected chi connectivity index (χ3v) is 3.69. The van der Waals surface area contributed by atoms with E-state index in [1.807, 2.05) is 0 Å². The van der Waals surface area contributed by atoms with Crippen LogP contribution in [0.15, 0.2) is 53.9 Å². The first-order chi connectivity index (χ1) is 8.31. The zero-order valence-corrected chi connectivity index (χ0v) is 10.4. The summed E-state index contributed by atoms with van der Waals surface area (Å²) in [5, 5.41) is 6.84. The van der Waals surface area contributed by atoms with Crippen LogP contribution in [0.1, 0.15) is 5.56 Å². The van der Waals surface area contributed by atoms with Crippen molar-refractivity contribution < 1.29 is 0 Å². The number of benzene rings is 2. The molecule has 0 unspecified atom stereocenters. The van der Waals surface area contributed by atoms with Crippen LogP contribution in [0.2, 0.25) is 0 Å². The van der Waals surface area contributed by atoms with E-state index in [9.17, 15) is 0 Å². The van der Waals surface area contributed by atoms with Gasteiger partial charge in [0.25, 0.3) is 0 Å². The van der Waals surface area contributed by atoms with Gasteiger partial charge in [0.1, 0.15) is 0 Å². The molecule has 0 saturated heterocycles. The summed E-state index contributed by atoms with van der Waals surface area (Å²) in [5.74, 6) is 0. The van der Waals surface area contributed by atoms with Gasteiger partial charge in [0.15, 0.2) is 0 Å². The molecule has 0 aliphatic rings. The summed E-state index contributed by atoms with van der Waals surface area (Å²) in [6.07, 6.45) is 0. The van der Waals surface area contributed by atoms with E-state index in [2.05, 4.69) is 66.2 Å². The van der Waals surface area contributed by atoms with Crippen molar-refractivity contribution in [3.05, 3.63) is 59.5 Å². The highest BCUT2D eigenvalue weighted by Crippen LogP contribution is 2.25. The average molecular weight is 239 g/mol. The van der Waals surface area contributed by atoms with Crippen molar-refractivity contribution in [3.63, 3.8) is 0 Å². The SMILES string of the molecule is Cc1ccc(Nc2ccc3sccc3c2)cc1. The molecular formula is C15H13NS. The first-order valence-electron chi connectivity index (χ1n) is 5.62. The van der Waals surface area contributed by atoms with Crippen LogP contribution in [0.4, 0.5) is 11.4 Å². The van der Waals surface area contributed by atoms with Crippen molar-refractivity contribution in [1.82, 2.24) is 0 Å². The topological polar surface area (TPSA) is 12.0 Å². The molecule has 0 bridgehead atoms. The van der Waals surface area contributed by atoms with Crippen LogP contribution in [0.3, 0.4) is 0 Å². The Morgan fingerprint density at radius 1 is 0.882 bits per heavy atom. The highest BCUT2D eigenvalue weighted by Gasteiger charge is 1.98. The van der Waals surface area contributed by atoms with Gasteiger partial charge in [0, 0.05) is 16.1 Å². The van der Waals surface area contributed by atoms with Gasteiger partial charge < -0.3 is 5.32 Å². The zero-order valence-electron chi connectivity index (χ0n) is 9.60. The molecule has 3 rings (SSSR count). The van der Waals surface area contributed by atoms with E-state index in [1.165, 1.54) is 15.6 Å². The fourth-order valence-corrected chi connectivity index (χ4v) is 2.62. The van der Waals surface area contributed by atoms with Crippen molar-refractivity contribution in [2.75, 3.05) is 5.32 Å². The molecule has 1 nitrogen and oxygen atoms in total. The van der Waals surface area contributed by atoms with Gasteiger partial charge in [-0.25, -0.2) is 0 Å². The quantitative estimate of drug-likeness (QED) is 0.667. The van der Waals surface area contributed by atoms with Crippen LogP contribution >= 0.6 is 11.3 Å². The molecule has 1 N–H and O–H groups in total. The predicted molar refractivity (Wildman–Crippen MR) is 76.3 cm³/mol. The fourth-order valence-electron chi connectivity index (χ4n) is 1.85. The van der Waals surface area contributed by atoms with Crippen LogP contribution in [-0.2, 0) is 0 Å². The molecule has 0 saturated carbocycles. The number of fused-ring (bicyclic) bond motifs is 1. The van der Waals surface area contributed by atoms with Crippen molar-refractivity contribution in [1.29, 1.82) is 0 Å². The fraction of sp³-hybridized carbons (Fsp3) is 0.0667. The molecule has 84 valence electrons. The number of rotatable bonds is 2. The molecule has 17 heavy (non-hydrogen) atoms. The van der Waals surface area contributed by atoms with E-state index >= 15 is 0 Å². The number of aryl methyl sites for hydroxylation is 1. The average Bonchev–Trinajstić information content (AvgIpc) is 2.79. The number of hydrogen-bond donors (Lipinski definition) is 1. The van der Waals surface area contributed by atoms with Crippen LogP contribution in [-0.4, -0.2) is 0 Å². The second-order valence-corrected chi connectivity index (χ2v) is 5.11. The van der Waals surface area contributed by atoms with Crippen molar-refractivity contribution >= 4 is 32.8 Å². The third-order valence-electron chi connectivity index (χ3n) is 2.79. The molecule has 2 aromatic carbocycles. The summed E-state index contributed by atoms with van der Waals surface area (Å²) in [6, 6.07) is 17.1. The Balaban J connectivity index is 1.91. The molecule has 0 spiro atoms. The molecule has 0 aliphatic heterocycles. The van der Waals surface area contributed by atoms with Crippen molar-refractivity contribution in [2.24, 2.45) is 0 Å². The second kappa shape index (κ2) is 4.22. The third kappa shape index (κ3) is 2.17. The van der Waals surface area contributed by atoms with Gasteiger partial charge in [-0.2, -0.15) is 0 Å². The van der Waals surface area contributed by atoms with Gasteiger partial charge in [0.05, 0.1) is 0 Å². The Hall–Kier alpha value is -1.80. The number of thiophene rings is 1. The normalized spacial score (nSPS) is 10.6. The van der Waals surface area contributed by atoms with Gasteiger partial charge in [-0.05, 0) is 54.1 Å². The zero-order chi connectivity index (χ0) is 11.7. The van der Waals surface area contributed by atoms with Crippen LogP contribution in [0, 0.1) is 6.92 Å². The summed E-state index contributed by atoms with van der Waals surface area (Å²) >= 11 is 1.78. The Labute approximate surface area is 105 Å². The molecule has 3 aromatic rings. The second-order valence-electron chi connectivity index (χ2n) is 4.16. The minimum atomic E-state index is 1.13. The number of hydrogen-bond acceptors (Lipinski definition) is 2. The van der Waals surface area contributed by atoms with Gasteiger partial charge in [-0.15, -0.1) is 11.3 Å². The molecule has 2 heteroatoms. The minimum absolute atomic E-state index is 1.13. The molecule has 0 atom stereocenters. The van der Waals surface area contributed by atoms with E-state index in [0.717, 1.165) is 11.4 Å². The number of anilines is 2. The lowest BCUT2D eigenvalue weighted by molar-refractivity contribution is 1.46. The van der Waals surface area contributed by atoms with E-state index in [1.54, 1.807) is 11.3 Å². The predicted octanol–water partition coefficient (Wildman–Crippen LogP) is 4.95. The molecular weight excluding hydrogens is 226 g/mol. The van der Waals surface area contributed by atoms with Gasteiger partial charge in [-0.3, -0.25) is 0 Å². The summed E-state index contributed by atoms with van der Waals surface area (Å²) in [7, 11) is 0. The maximum Gasteiger partial charge on any atom is 0.0391 e. The smallest absolute Gasteiger partial charge is 0.0391 e. The van der Waals surface area contributed by atoms with Crippen LogP contribution in [0.5, 0.6) is 0 Å². The molecule has 1 heterocycles. The van der Waals surface area contributed by atoms with Gasteiger partial charge >= 0.3 is 0 Å². The highest BCUT2D eigenvalue weighted by atomic mass is 32.1. The maximum absolute atomic E-state index is 3.42. The maximum atomic E-state index is 3.42. The lowest BCUT2D eigenvalue weighted by Gasteiger charge is -2.06. The standard InChI is InChI=1S/C15H13NS/c1-11-2-4-13(5-3-11)16-14-6-7-15-12(10-14)8-9-17-15/h2-10,16H,1H3. The number of nitrogens with one attached hydrogen (secondary N) is 1. The van der Waals surface area contributed by atoms with Crippen LogP contribution in [0.25, 0.3) is 10.1 Å². The Bertz CT molecular complexity index is 637. The summed E-state index contributed by atoms with van der Waals surface area (Å²) in [4.78, 5) is 0.